The number of hydrogen-bond donors (Lipinski definition) is 0. The van der Waals surface area contributed by atoms with Crippen LogP contribution >= 0.6 is 0 Å². The van der Waals surface area contributed by atoms with Gasteiger partial charge in [0.1, 0.15) is 17.5 Å². The summed E-state index contributed by atoms with van der Waals surface area (Å²) in [7, 11) is 0. The van der Waals surface area contributed by atoms with Crippen molar-refractivity contribution >= 4 is 22.8 Å². The van der Waals surface area contributed by atoms with E-state index in [1.165, 1.54) is 37.8 Å². The molecule has 0 N–H and O–H groups in total. The number of benzene rings is 1. The number of anilines is 1. The minimum atomic E-state index is -0.278. The average Bonchev–Trinajstić information content (AvgIpc) is 3.55. The number of carbonyl (C=O) groups excluding carboxylic acids is 1. The van der Waals surface area contributed by atoms with Gasteiger partial charge >= 0.3 is 0 Å². The SMILES string of the molecule is CCC[C@@H](C)c1nc(N2CCN(C(=O)CCC3CCCC3)CC2)c2c(C)nn(-c3ccc(F)cc3)c2n1. The molecule has 1 aliphatic heterocycles. The molecule has 0 radical (unpaired) electrons. The molecule has 2 aromatic heterocycles. The smallest absolute Gasteiger partial charge is 0.222 e. The molecule has 2 fully saturated rings. The van der Waals surface area contributed by atoms with Crippen LogP contribution in [0.3, 0.4) is 0 Å². The fourth-order valence-electron chi connectivity index (χ4n) is 5.90. The lowest BCUT2D eigenvalue weighted by Crippen LogP contribution is -2.49. The number of rotatable bonds is 8. The van der Waals surface area contributed by atoms with Crippen molar-refractivity contribution in [3.8, 4) is 5.69 Å². The highest BCUT2D eigenvalue weighted by Crippen LogP contribution is 2.32. The monoisotopic (exact) mass is 506 g/mol. The van der Waals surface area contributed by atoms with Crippen LogP contribution in [0.15, 0.2) is 24.3 Å². The van der Waals surface area contributed by atoms with Gasteiger partial charge in [0.15, 0.2) is 5.65 Å². The Morgan fingerprint density at radius 1 is 1.08 bits per heavy atom. The minimum Gasteiger partial charge on any atom is -0.352 e. The van der Waals surface area contributed by atoms with Crippen molar-refractivity contribution in [2.45, 2.75) is 78.1 Å². The molecule has 1 aliphatic carbocycles. The fraction of sp³-hybridized carbons (Fsp3) is 0.586. The van der Waals surface area contributed by atoms with Gasteiger partial charge in [0.25, 0.3) is 0 Å². The summed E-state index contributed by atoms with van der Waals surface area (Å²) in [6, 6.07) is 6.36. The van der Waals surface area contributed by atoms with Crippen molar-refractivity contribution < 1.29 is 9.18 Å². The molecule has 1 amide bonds. The van der Waals surface area contributed by atoms with E-state index < -0.39 is 0 Å². The summed E-state index contributed by atoms with van der Waals surface area (Å²) in [5, 5.41) is 5.73. The summed E-state index contributed by atoms with van der Waals surface area (Å²) in [6.07, 6.45) is 8.97. The predicted molar refractivity (Wildman–Crippen MR) is 145 cm³/mol. The van der Waals surface area contributed by atoms with Crippen molar-refractivity contribution in [3.63, 3.8) is 0 Å². The third-order valence-electron chi connectivity index (χ3n) is 8.11. The summed E-state index contributed by atoms with van der Waals surface area (Å²) in [5.41, 5.74) is 2.37. The largest absolute Gasteiger partial charge is 0.352 e. The Balaban J connectivity index is 1.41. The number of fused-ring (bicyclic) bond motifs is 1. The molecule has 1 saturated carbocycles. The predicted octanol–water partition coefficient (Wildman–Crippen LogP) is 5.79. The van der Waals surface area contributed by atoms with Gasteiger partial charge < -0.3 is 9.80 Å². The maximum absolute atomic E-state index is 13.6. The Hall–Kier alpha value is -3.03. The molecule has 3 heterocycles. The lowest BCUT2D eigenvalue weighted by molar-refractivity contribution is -0.131. The van der Waals surface area contributed by atoms with Gasteiger partial charge in [0.05, 0.1) is 16.8 Å². The van der Waals surface area contributed by atoms with E-state index in [1.54, 1.807) is 16.8 Å². The molecule has 0 unspecified atom stereocenters. The molecule has 0 spiro atoms. The third kappa shape index (κ3) is 5.48. The van der Waals surface area contributed by atoms with E-state index in [2.05, 4.69) is 18.7 Å². The minimum absolute atomic E-state index is 0.212. The average molecular weight is 507 g/mol. The second kappa shape index (κ2) is 11.2. The molecule has 3 aromatic rings. The number of halogens is 1. The Morgan fingerprint density at radius 2 is 1.78 bits per heavy atom. The van der Waals surface area contributed by atoms with E-state index in [0.29, 0.717) is 19.5 Å². The molecule has 8 heteroatoms. The first-order chi connectivity index (χ1) is 17.9. The third-order valence-corrected chi connectivity index (χ3v) is 8.11. The standard InChI is InChI=1S/C29H39FN6O/c1-4-7-20(2)27-31-28(26-21(3)33-36(29(26)32-27)24-13-11-23(30)12-14-24)35-18-16-34(17-19-35)25(37)15-10-22-8-5-6-9-22/h11-14,20,22H,4-10,15-19H2,1-3H3/t20-/m1/s1. The van der Waals surface area contributed by atoms with Crippen LogP contribution in [0.5, 0.6) is 0 Å². The molecule has 1 atom stereocenters. The highest BCUT2D eigenvalue weighted by molar-refractivity contribution is 5.91. The Morgan fingerprint density at radius 3 is 2.46 bits per heavy atom. The molecule has 37 heavy (non-hydrogen) atoms. The maximum Gasteiger partial charge on any atom is 0.222 e. The second-order valence-electron chi connectivity index (χ2n) is 10.8. The van der Waals surface area contributed by atoms with E-state index in [9.17, 15) is 9.18 Å². The molecule has 0 bridgehead atoms. The molecular formula is C29H39FN6O. The van der Waals surface area contributed by atoms with Crippen LogP contribution in [0, 0.1) is 18.7 Å². The summed E-state index contributed by atoms with van der Waals surface area (Å²) >= 11 is 0. The zero-order valence-electron chi connectivity index (χ0n) is 22.4. The number of carbonyl (C=O) groups is 1. The van der Waals surface area contributed by atoms with E-state index in [-0.39, 0.29) is 17.6 Å². The van der Waals surface area contributed by atoms with Crippen molar-refractivity contribution in [3.05, 3.63) is 41.6 Å². The number of amides is 1. The van der Waals surface area contributed by atoms with Crippen LogP contribution in [0.2, 0.25) is 0 Å². The van der Waals surface area contributed by atoms with Gasteiger partial charge in [-0.1, -0.05) is 46.0 Å². The van der Waals surface area contributed by atoms with E-state index in [1.807, 2.05) is 11.8 Å². The first-order valence-electron chi connectivity index (χ1n) is 14.0. The van der Waals surface area contributed by atoms with Crippen molar-refractivity contribution in [2.24, 2.45) is 5.92 Å². The Bertz CT molecular complexity index is 1230. The molecule has 1 aromatic carbocycles. The lowest BCUT2D eigenvalue weighted by atomic mass is 10.0. The van der Waals surface area contributed by atoms with Crippen LogP contribution in [0.25, 0.3) is 16.7 Å². The fourth-order valence-corrected chi connectivity index (χ4v) is 5.90. The van der Waals surface area contributed by atoms with Crippen LogP contribution in [0.4, 0.5) is 10.2 Å². The number of aryl methyl sites for hydroxylation is 1. The molecular weight excluding hydrogens is 467 g/mol. The van der Waals surface area contributed by atoms with E-state index in [0.717, 1.165) is 72.3 Å². The Kier molecular flexibility index (Phi) is 7.72. The van der Waals surface area contributed by atoms with Gasteiger partial charge in [-0.05, 0) is 49.9 Å². The number of aromatic nitrogens is 4. The van der Waals surface area contributed by atoms with Gasteiger partial charge in [0.2, 0.25) is 5.91 Å². The number of hydrogen-bond acceptors (Lipinski definition) is 5. The molecule has 2 aliphatic rings. The van der Waals surface area contributed by atoms with Crippen LogP contribution in [-0.2, 0) is 4.79 Å². The molecule has 198 valence electrons. The lowest BCUT2D eigenvalue weighted by Gasteiger charge is -2.36. The van der Waals surface area contributed by atoms with Crippen LogP contribution < -0.4 is 4.90 Å². The summed E-state index contributed by atoms with van der Waals surface area (Å²) in [5.74, 6) is 2.67. The van der Waals surface area contributed by atoms with Crippen molar-refractivity contribution in [1.29, 1.82) is 0 Å². The quantitative estimate of drug-likeness (QED) is 0.387. The van der Waals surface area contributed by atoms with Gasteiger partial charge in [-0.15, -0.1) is 0 Å². The maximum atomic E-state index is 13.6. The first-order valence-corrected chi connectivity index (χ1v) is 14.0. The summed E-state index contributed by atoms with van der Waals surface area (Å²) in [6.45, 7) is 9.22. The summed E-state index contributed by atoms with van der Waals surface area (Å²) in [4.78, 5) is 27.3. The van der Waals surface area contributed by atoms with Crippen LogP contribution in [-0.4, -0.2) is 56.7 Å². The van der Waals surface area contributed by atoms with Gasteiger partial charge in [-0.2, -0.15) is 5.10 Å². The van der Waals surface area contributed by atoms with Crippen molar-refractivity contribution in [2.75, 3.05) is 31.1 Å². The van der Waals surface area contributed by atoms with Crippen LogP contribution in [0.1, 0.15) is 82.7 Å². The van der Waals surface area contributed by atoms with Gasteiger partial charge in [-0.3, -0.25) is 4.79 Å². The number of nitrogens with zero attached hydrogens (tertiary/aromatic N) is 6. The van der Waals surface area contributed by atoms with Crippen molar-refractivity contribution in [1.82, 2.24) is 24.6 Å². The molecule has 7 nitrogen and oxygen atoms in total. The highest BCUT2D eigenvalue weighted by atomic mass is 19.1. The topological polar surface area (TPSA) is 67.2 Å². The van der Waals surface area contributed by atoms with Gasteiger partial charge in [0, 0.05) is 38.5 Å². The first kappa shape index (κ1) is 25.6. The second-order valence-corrected chi connectivity index (χ2v) is 10.8. The Labute approximate surface area is 219 Å². The van der Waals surface area contributed by atoms with E-state index >= 15 is 0 Å². The zero-order chi connectivity index (χ0) is 25.9. The molecule has 1 saturated heterocycles. The zero-order valence-corrected chi connectivity index (χ0v) is 22.4. The van der Waals surface area contributed by atoms with Gasteiger partial charge in [-0.25, -0.2) is 19.0 Å². The highest BCUT2D eigenvalue weighted by Gasteiger charge is 2.27. The molecule has 5 rings (SSSR count). The number of piperazine rings is 1. The van der Waals surface area contributed by atoms with E-state index in [4.69, 9.17) is 15.1 Å². The normalized spacial score (nSPS) is 17.6. The summed E-state index contributed by atoms with van der Waals surface area (Å²) < 4.78 is 15.4.